The van der Waals surface area contributed by atoms with Gasteiger partial charge in [0.05, 0.1) is 32.4 Å². The van der Waals surface area contributed by atoms with Crippen LogP contribution in [0.15, 0.2) is 66.7 Å². The molecule has 3 aromatic carbocycles. The van der Waals surface area contributed by atoms with Crippen LogP contribution < -0.4 is 4.90 Å². The van der Waals surface area contributed by atoms with E-state index in [9.17, 15) is 19.2 Å². The number of carbonyl (C=O) groups excluding carboxylic acids is 4. The van der Waals surface area contributed by atoms with Gasteiger partial charge in [-0.2, -0.15) is 0 Å². The molecule has 4 rings (SSSR count). The van der Waals surface area contributed by atoms with E-state index in [1.165, 1.54) is 43.3 Å². The average molecular weight is 468 g/mol. The van der Waals surface area contributed by atoms with Crippen molar-refractivity contribution in [2.24, 2.45) is 0 Å². The highest BCUT2D eigenvalue weighted by atomic mass is 35.5. The standard InChI is InChI=1S/C24H15Cl2NO5/c1-13(21(28)14-5-3-2-4-6-14)32-24(31)15-7-9-16(10-8-15)27-22(29)17-11-19(25)20(26)12-18(17)23(27)30/h2-13H,1H3/t13-/m1/s1. The molecule has 0 bridgehead atoms. The monoisotopic (exact) mass is 467 g/mol. The normalized spacial score (nSPS) is 13.7. The Morgan fingerprint density at radius 3 is 1.88 bits per heavy atom. The first kappa shape index (κ1) is 21.7. The molecule has 0 aromatic heterocycles. The maximum absolute atomic E-state index is 12.7. The van der Waals surface area contributed by atoms with Crippen LogP contribution in [-0.2, 0) is 4.74 Å². The number of halogens is 2. The molecule has 0 unspecified atom stereocenters. The summed E-state index contributed by atoms with van der Waals surface area (Å²) >= 11 is 11.9. The zero-order valence-electron chi connectivity index (χ0n) is 16.7. The third kappa shape index (κ3) is 3.90. The molecule has 3 aromatic rings. The van der Waals surface area contributed by atoms with Crippen LogP contribution in [0.5, 0.6) is 0 Å². The number of carbonyl (C=O) groups is 4. The molecule has 0 spiro atoms. The Kier molecular flexibility index (Phi) is 5.82. The molecule has 32 heavy (non-hydrogen) atoms. The van der Waals surface area contributed by atoms with Crippen LogP contribution in [-0.4, -0.2) is 29.7 Å². The number of esters is 1. The summed E-state index contributed by atoms with van der Waals surface area (Å²) in [6.45, 7) is 1.50. The number of hydrogen-bond donors (Lipinski definition) is 0. The minimum Gasteiger partial charge on any atom is -0.451 e. The summed E-state index contributed by atoms with van der Waals surface area (Å²) in [5.74, 6) is -2.10. The first-order valence-electron chi connectivity index (χ1n) is 9.56. The van der Waals surface area contributed by atoms with Crippen molar-refractivity contribution in [1.29, 1.82) is 0 Å². The largest absolute Gasteiger partial charge is 0.451 e. The van der Waals surface area contributed by atoms with E-state index in [4.69, 9.17) is 27.9 Å². The Hall–Kier alpha value is -3.48. The Bertz CT molecular complexity index is 1210. The van der Waals surface area contributed by atoms with Crippen LogP contribution in [0.25, 0.3) is 0 Å². The number of imide groups is 1. The van der Waals surface area contributed by atoms with Gasteiger partial charge in [0.2, 0.25) is 5.78 Å². The van der Waals surface area contributed by atoms with Gasteiger partial charge in [-0.25, -0.2) is 9.69 Å². The Morgan fingerprint density at radius 2 is 1.34 bits per heavy atom. The molecule has 1 atom stereocenters. The fourth-order valence-electron chi connectivity index (χ4n) is 3.33. The smallest absolute Gasteiger partial charge is 0.338 e. The molecule has 1 aliphatic rings. The molecule has 6 nitrogen and oxygen atoms in total. The highest BCUT2D eigenvalue weighted by molar-refractivity contribution is 6.44. The second-order valence-electron chi connectivity index (χ2n) is 7.08. The van der Waals surface area contributed by atoms with E-state index in [2.05, 4.69) is 0 Å². The zero-order valence-corrected chi connectivity index (χ0v) is 18.2. The fraction of sp³-hybridized carbons (Fsp3) is 0.0833. The van der Waals surface area contributed by atoms with Crippen LogP contribution in [0, 0.1) is 0 Å². The summed E-state index contributed by atoms with van der Waals surface area (Å²) in [5.41, 5.74) is 1.19. The molecule has 0 fully saturated rings. The summed E-state index contributed by atoms with van der Waals surface area (Å²) in [6.07, 6.45) is -0.977. The number of ether oxygens (including phenoxy) is 1. The Morgan fingerprint density at radius 1 is 0.812 bits per heavy atom. The van der Waals surface area contributed by atoms with Gasteiger partial charge in [0.25, 0.3) is 11.8 Å². The van der Waals surface area contributed by atoms with Crippen LogP contribution in [0.2, 0.25) is 10.0 Å². The molecular formula is C24H15Cl2NO5. The molecule has 0 radical (unpaired) electrons. The number of anilines is 1. The molecule has 1 heterocycles. The van der Waals surface area contributed by atoms with Crippen molar-refractivity contribution in [3.8, 4) is 0 Å². The summed E-state index contributed by atoms with van der Waals surface area (Å²) in [4.78, 5) is 51.3. The average Bonchev–Trinajstić information content (AvgIpc) is 3.03. The van der Waals surface area contributed by atoms with Gasteiger partial charge in [-0.15, -0.1) is 0 Å². The third-order valence-electron chi connectivity index (χ3n) is 5.00. The van der Waals surface area contributed by atoms with E-state index in [0.29, 0.717) is 5.56 Å². The summed E-state index contributed by atoms with van der Waals surface area (Å²) in [7, 11) is 0. The van der Waals surface area contributed by atoms with E-state index >= 15 is 0 Å². The van der Waals surface area contributed by atoms with Crippen LogP contribution in [0.1, 0.15) is 48.4 Å². The van der Waals surface area contributed by atoms with Crippen molar-refractivity contribution in [2.45, 2.75) is 13.0 Å². The zero-order chi connectivity index (χ0) is 23.0. The maximum atomic E-state index is 12.7. The minimum absolute atomic E-state index is 0.154. The quantitative estimate of drug-likeness (QED) is 0.291. The second-order valence-corrected chi connectivity index (χ2v) is 7.90. The van der Waals surface area contributed by atoms with Crippen LogP contribution >= 0.6 is 23.2 Å². The number of ketones is 1. The SMILES string of the molecule is C[C@@H](OC(=O)c1ccc(N2C(=O)c3cc(Cl)c(Cl)cc3C2=O)cc1)C(=O)c1ccccc1. The van der Waals surface area contributed by atoms with Gasteiger partial charge in [0.15, 0.2) is 6.10 Å². The van der Waals surface area contributed by atoms with Crippen molar-refractivity contribution in [2.75, 3.05) is 4.90 Å². The van der Waals surface area contributed by atoms with E-state index < -0.39 is 23.9 Å². The summed E-state index contributed by atoms with van der Waals surface area (Å²) < 4.78 is 5.27. The molecule has 0 saturated heterocycles. The number of benzene rings is 3. The molecule has 0 N–H and O–H groups in total. The highest BCUT2D eigenvalue weighted by Gasteiger charge is 2.37. The highest BCUT2D eigenvalue weighted by Crippen LogP contribution is 2.34. The summed E-state index contributed by atoms with van der Waals surface area (Å²) in [5, 5.41) is 0.344. The first-order valence-corrected chi connectivity index (χ1v) is 10.3. The number of nitrogens with zero attached hydrogens (tertiary/aromatic N) is 1. The lowest BCUT2D eigenvalue weighted by Gasteiger charge is -2.15. The third-order valence-corrected chi connectivity index (χ3v) is 5.72. The van der Waals surface area contributed by atoms with Crippen LogP contribution in [0.3, 0.4) is 0 Å². The van der Waals surface area contributed by atoms with E-state index in [1.807, 2.05) is 0 Å². The van der Waals surface area contributed by atoms with Gasteiger partial charge >= 0.3 is 5.97 Å². The number of Topliss-reactive ketones (excluding diaryl/α,β-unsaturated/α-hetero) is 1. The molecule has 1 aliphatic heterocycles. The number of fused-ring (bicyclic) bond motifs is 1. The fourth-order valence-corrected chi connectivity index (χ4v) is 3.66. The van der Waals surface area contributed by atoms with Crippen molar-refractivity contribution in [3.63, 3.8) is 0 Å². The lowest BCUT2D eigenvalue weighted by Crippen LogP contribution is -2.29. The predicted molar refractivity (Wildman–Crippen MR) is 120 cm³/mol. The minimum atomic E-state index is -0.977. The van der Waals surface area contributed by atoms with Gasteiger partial charge in [-0.05, 0) is 43.3 Å². The Balaban J connectivity index is 1.50. The van der Waals surface area contributed by atoms with Gasteiger partial charge < -0.3 is 4.74 Å². The molecular weight excluding hydrogens is 453 g/mol. The lowest BCUT2D eigenvalue weighted by atomic mass is 10.1. The van der Waals surface area contributed by atoms with Gasteiger partial charge in [0, 0.05) is 5.56 Å². The van der Waals surface area contributed by atoms with Crippen molar-refractivity contribution in [3.05, 3.63) is 99.0 Å². The van der Waals surface area contributed by atoms with E-state index in [0.717, 1.165) is 4.90 Å². The lowest BCUT2D eigenvalue weighted by molar-refractivity contribution is 0.0319. The molecule has 8 heteroatoms. The molecule has 0 saturated carbocycles. The van der Waals surface area contributed by atoms with Gasteiger partial charge in [-0.1, -0.05) is 53.5 Å². The van der Waals surface area contributed by atoms with Crippen molar-refractivity contribution in [1.82, 2.24) is 0 Å². The first-order chi connectivity index (χ1) is 15.3. The topological polar surface area (TPSA) is 80.8 Å². The van der Waals surface area contributed by atoms with Crippen LogP contribution in [0.4, 0.5) is 5.69 Å². The Labute approximate surface area is 193 Å². The predicted octanol–water partition coefficient (Wildman–Crippen LogP) is 5.22. The molecule has 0 aliphatic carbocycles. The number of rotatable bonds is 5. The second kappa shape index (κ2) is 8.57. The van der Waals surface area contributed by atoms with E-state index in [1.54, 1.807) is 30.3 Å². The molecule has 160 valence electrons. The number of amides is 2. The van der Waals surface area contributed by atoms with E-state index in [-0.39, 0.29) is 38.2 Å². The van der Waals surface area contributed by atoms with Crippen molar-refractivity contribution < 1.29 is 23.9 Å². The molecule has 2 amide bonds. The van der Waals surface area contributed by atoms with Crippen molar-refractivity contribution >= 4 is 52.5 Å². The summed E-state index contributed by atoms with van der Waals surface area (Å²) in [6, 6.07) is 17.0. The van der Waals surface area contributed by atoms with Gasteiger partial charge in [-0.3, -0.25) is 14.4 Å². The number of hydrogen-bond acceptors (Lipinski definition) is 5. The maximum Gasteiger partial charge on any atom is 0.338 e. The van der Waals surface area contributed by atoms with Gasteiger partial charge in [0.1, 0.15) is 0 Å².